The number of nitrogens with zero attached hydrogens (tertiary/aromatic N) is 2. The van der Waals surface area contributed by atoms with Crippen molar-refractivity contribution in [1.29, 1.82) is 0 Å². The summed E-state index contributed by atoms with van der Waals surface area (Å²) in [6.07, 6.45) is 5.32. The number of hydrogen-bond donors (Lipinski definition) is 2. The lowest BCUT2D eigenvalue weighted by atomic mass is 10.1. The summed E-state index contributed by atoms with van der Waals surface area (Å²) in [4.78, 5) is 31.6. The van der Waals surface area contributed by atoms with Crippen molar-refractivity contribution < 1.29 is 9.59 Å². The van der Waals surface area contributed by atoms with Crippen LogP contribution >= 0.6 is 0 Å². The van der Waals surface area contributed by atoms with E-state index in [0.29, 0.717) is 23.1 Å². The van der Waals surface area contributed by atoms with Crippen LogP contribution in [0.15, 0.2) is 36.7 Å². The van der Waals surface area contributed by atoms with Crippen LogP contribution in [0.5, 0.6) is 0 Å². The lowest BCUT2D eigenvalue weighted by Gasteiger charge is -2.06. The standard InChI is InChI=1S/C16H16N4O2/c1-10(21)11-2-4-13(5-3-11)20-16(22)14-8-18-15(9-17-14)19-12-6-7-12/h2-5,8-9,12H,6-7H2,1H3,(H,18,19)(H,20,22). The van der Waals surface area contributed by atoms with Gasteiger partial charge < -0.3 is 10.6 Å². The highest BCUT2D eigenvalue weighted by atomic mass is 16.2. The number of aromatic nitrogens is 2. The predicted molar refractivity (Wildman–Crippen MR) is 83.1 cm³/mol. The Hall–Kier alpha value is -2.76. The van der Waals surface area contributed by atoms with Gasteiger partial charge in [0.2, 0.25) is 0 Å². The third kappa shape index (κ3) is 3.46. The Labute approximate surface area is 128 Å². The maximum Gasteiger partial charge on any atom is 0.275 e. The molecule has 6 heteroatoms. The van der Waals surface area contributed by atoms with Gasteiger partial charge in [0, 0.05) is 17.3 Å². The zero-order valence-electron chi connectivity index (χ0n) is 12.2. The number of benzene rings is 1. The van der Waals surface area contributed by atoms with Crippen LogP contribution < -0.4 is 10.6 Å². The smallest absolute Gasteiger partial charge is 0.275 e. The molecule has 1 fully saturated rings. The Kier molecular flexibility index (Phi) is 3.82. The molecule has 1 aromatic heterocycles. The van der Waals surface area contributed by atoms with E-state index in [1.165, 1.54) is 13.1 Å². The number of carbonyl (C=O) groups is 2. The second-order valence-electron chi connectivity index (χ2n) is 5.29. The first-order chi connectivity index (χ1) is 10.6. The molecular formula is C16H16N4O2. The minimum absolute atomic E-state index is 0.0116. The van der Waals surface area contributed by atoms with E-state index in [1.807, 2.05) is 0 Å². The van der Waals surface area contributed by atoms with Crippen LogP contribution in [0.4, 0.5) is 11.5 Å². The zero-order chi connectivity index (χ0) is 15.5. The average molecular weight is 296 g/mol. The van der Waals surface area contributed by atoms with E-state index >= 15 is 0 Å². The molecule has 0 aliphatic heterocycles. The van der Waals surface area contributed by atoms with Gasteiger partial charge in [0.15, 0.2) is 5.78 Å². The molecule has 0 saturated heterocycles. The predicted octanol–water partition coefficient (Wildman–Crippen LogP) is 2.51. The largest absolute Gasteiger partial charge is 0.366 e. The van der Waals surface area contributed by atoms with Gasteiger partial charge in [-0.2, -0.15) is 0 Å². The summed E-state index contributed by atoms with van der Waals surface area (Å²) in [7, 11) is 0. The molecular weight excluding hydrogens is 280 g/mol. The quantitative estimate of drug-likeness (QED) is 0.828. The molecule has 1 aliphatic carbocycles. The molecule has 3 rings (SSSR count). The monoisotopic (exact) mass is 296 g/mol. The zero-order valence-corrected chi connectivity index (χ0v) is 12.2. The highest BCUT2D eigenvalue weighted by Crippen LogP contribution is 2.23. The normalized spacial score (nSPS) is 13.5. The Morgan fingerprint density at radius 1 is 1.09 bits per heavy atom. The Morgan fingerprint density at radius 3 is 2.36 bits per heavy atom. The highest BCUT2D eigenvalue weighted by Gasteiger charge is 2.21. The van der Waals surface area contributed by atoms with Crippen molar-refractivity contribution in [2.24, 2.45) is 0 Å². The van der Waals surface area contributed by atoms with E-state index in [0.717, 1.165) is 12.8 Å². The van der Waals surface area contributed by atoms with Gasteiger partial charge in [-0.1, -0.05) is 0 Å². The van der Waals surface area contributed by atoms with Crippen LogP contribution in [0.2, 0.25) is 0 Å². The minimum Gasteiger partial charge on any atom is -0.366 e. The van der Waals surface area contributed by atoms with E-state index in [2.05, 4.69) is 20.6 Å². The molecule has 2 N–H and O–H groups in total. The van der Waals surface area contributed by atoms with Gasteiger partial charge in [0.1, 0.15) is 11.5 Å². The van der Waals surface area contributed by atoms with Crippen LogP contribution in [-0.2, 0) is 0 Å². The van der Waals surface area contributed by atoms with Crippen LogP contribution in [0.25, 0.3) is 0 Å². The molecule has 22 heavy (non-hydrogen) atoms. The summed E-state index contributed by atoms with van der Waals surface area (Å²) < 4.78 is 0. The van der Waals surface area contributed by atoms with Crippen LogP contribution in [0, 0.1) is 0 Å². The first-order valence-corrected chi connectivity index (χ1v) is 7.13. The van der Waals surface area contributed by atoms with Crippen molar-refractivity contribution in [3.8, 4) is 0 Å². The van der Waals surface area contributed by atoms with Gasteiger partial charge in [-0.25, -0.2) is 9.97 Å². The molecule has 0 spiro atoms. The molecule has 1 aliphatic rings. The number of rotatable bonds is 5. The Bertz CT molecular complexity index is 691. The van der Waals surface area contributed by atoms with Crippen LogP contribution in [-0.4, -0.2) is 27.7 Å². The van der Waals surface area contributed by atoms with Crippen molar-refractivity contribution in [3.63, 3.8) is 0 Å². The molecule has 1 aromatic carbocycles. The number of carbonyl (C=O) groups excluding carboxylic acids is 2. The summed E-state index contributed by atoms with van der Waals surface area (Å²) in [6, 6.07) is 7.21. The van der Waals surface area contributed by atoms with Gasteiger partial charge >= 0.3 is 0 Å². The van der Waals surface area contributed by atoms with Gasteiger partial charge in [-0.05, 0) is 44.0 Å². The van der Waals surface area contributed by atoms with E-state index < -0.39 is 0 Å². The summed E-state index contributed by atoms with van der Waals surface area (Å²) >= 11 is 0. The molecule has 2 aromatic rings. The van der Waals surface area contributed by atoms with Gasteiger partial charge in [0.25, 0.3) is 5.91 Å². The maximum atomic E-state index is 12.1. The van der Waals surface area contributed by atoms with E-state index in [1.54, 1.807) is 30.5 Å². The van der Waals surface area contributed by atoms with Gasteiger partial charge in [0.05, 0.1) is 12.4 Å². The first kappa shape index (κ1) is 14.2. The summed E-state index contributed by atoms with van der Waals surface area (Å²) in [5.74, 6) is 0.341. The molecule has 1 saturated carbocycles. The molecule has 0 radical (unpaired) electrons. The second-order valence-corrected chi connectivity index (χ2v) is 5.29. The van der Waals surface area contributed by atoms with Crippen LogP contribution in [0.3, 0.4) is 0 Å². The molecule has 1 amide bonds. The van der Waals surface area contributed by atoms with Gasteiger partial charge in [-0.3, -0.25) is 9.59 Å². The van der Waals surface area contributed by atoms with Crippen molar-refractivity contribution in [3.05, 3.63) is 47.9 Å². The first-order valence-electron chi connectivity index (χ1n) is 7.13. The lowest BCUT2D eigenvalue weighted by Crippen LogP contribution is -2.14. The minimum atomic E-state index is -0.332. The number of ketones is 1. The highest BCUT2D eigenvalue weighted by molar-refractivity contribution is 6.03. The number of anilines is 2. The second kappa shape index (κ2) is 5.93. The third-order valence-electron chi connectivity index (χ3n) is 3.36. The van der Waals surface area contributed by atoms with Crippen molar-refractivity contribution in [2.45, 2.75) is 25.8 Å². The van der Waals surface area contributed by atoms with Gasteiger partial charge in [-0.15, -0.1) is 0 Å². The SMILES string of the molecule is CC(=O)c1ccc(NC(=O)c2cnc(NC3CC3)cn2)cc1. The fourth-order valence-corrected chi connectivity index (χ4v) is 1.94. The maximum absolute atomic E-state index is 12.1. The summed E-state index contributed by atoms with van der Waals surface area (Å²) in [5, 5.41) is 5.94. The average Bonchev–Trinajstić information content (AvgIpc) is 3.32. The number of nitrogens with one attached hydrogen (secondary N) is 2. The number of amides is 1. The fraction of sp³-hybridized carbons (Fsp3) is 0.250. The molecule has 6 nitrogen and oxygen atoms in total. The summed E-state index contributed by atoms with van der Waals surface area (Å²) in [5.41, 5.74) is 1.46. The Balaban J connectivity index is 1.64. The molecule has 0 bridgehead atoms. The fourth-order valence-electron chi connectivity index (χ4n) is 1.94. The third-order valence-corrected chi connectivity index (χ3v) is 3.36. The molecule has 0 atom stereocenters. The van der Waals surface area contributed by atoms with E-state index in [-0.39, 0.29) is 17.4 Å². The summed E-state index contributed by atoms with van der Waals surface area (Å²) in [6.45, 7) is 1.50. The van der Waals surface area contributed by atoms with E-state index in [4.69, 9.17) is 0 Å². The van der Waals surface area contributed by atoms with Crippen molar-refractivity contribution in [1.82, 2.24) is 9.97 Å². The lowest BCUT2D eigenvalue weighted by molar-refractivity contribution is 0.101. The molecule has 112 valence electrons. The number of Topliss-reactive ketones (excluding diaryl/α,β-unsaturated/α-hetero) is 1. The van der Waals surface area contributed by atoms with E-state index in [9.17, 15) is 9.59 Å². The Morgan fingerprint density at radius 2 is 1.82 bits per heavy atom. The van der Waals surface area contributed by atoms with Crippen LogP contribution in [0.1, 0.15) is 40.6 Å². The number of hydrogen-bond acceptors (Lipinski definition) is 5. The topological polar surface area (TPSA) is 84.0 Å². The van der Waals surface area contributed by atoms with Crippen molar-refractivity contribution in [2.75, 3.05) is 10.6 Å². The molecule has 0 unspecified atom stereocenters. The van der Waals surface area contributed by atoms with Crippen molar-refractivity contribution >= 4 is 23.2 Å². The molecule has 1 heterocycles.